The average Bonchev–Trinajstić information content (AvgIpc) is 2.66. The van der Waals surface area contributed by atoms with E-state index in [2.05, 4.69) is 10.3 Å². The van der Waals surface area contributed by atoms with Gasteiger partial charge in [0.15, 0.2) is 5.69 Å². The van der Waals surface area contributed by atoms with E-state index in [4.69, 9.17) is 16.7 Å². The van der Waals surface area contributed by atoms with Crippen molar-refractivity contribution < 1.29 is 14.3 Å². The maximum atomic E-state index is 12.8. The normalized spacial score (nSPS) is 10.4. The number of rotatable bonds is 2. The highest BCUT2D eigenvalue weighted by molar-refractivity contribution is 6.32. The summed E-state index contributed by atoms with van der Waals surface area (Å²) in [4.78, 5) is 10.6. The molecule has 1 N–H and O–H groups in total. The maximum Gasteiger partial charge on any atom is 0.358 e. The Morgan fingerprint density at radius 2 is 2.25 bits per heavy atom. The van der Waals surface area contributed by atoms with Crippen molar-refractivity contribution in [3.05, 3.63) is 40.9 Å². The fourth-order valence-corrected chi connectivity index (χ4v) is 1.40. The van der Waals surface area contributed by atoms with Crippen LogP contribution < -0.4 is 0 Å². The maximum absolute atomic E-state index is 12.8. The molecule has 0 atom stereocenters. The highest BCUT2D eigenvalue weighted by atomic mass is 35.5. The predicted octanol–water partition coefficient (Wildman–Crippen LogP) is 1.76. The molecule has 0 aliphatic rings. The van der Waals surface area contributed by atoms with Gasteiger partial charge < -0.3 is 5.11 Å². The van der Waals surface area contributed by atoms with Gasteiger partial charge in [0.2, 0.25) is 0 Å². The van der Waals surface area contributed by atoms with Crippen molar-refractivity contribution in [3.63, 3.8) is 0 Å². The molecule has 16 heavy (non-hydrogen) atoms. The Labute approximate surface area is 94.1 Å². The van der Waals surface area contributed by atoms with Crippen molar-refractivity contribution in [3.8, 4) is 5.69 Å². The Kier molecular flexibility index (Phi) is 2.57. The van der Waals surface area contributed by atoms with Gasteiger partial charge in [0.05, 0.1) is 16.9 Å². The molecule has 0 saturated heterocycles. The van der Waals surface area contributed by atoms with Gasteiger partial charge in [-0.05, 0) is 18.2 Å². The Hall–Kier alpha value is -1.95. The Morgan fingerprint density at radius 3 is 2.81 bits per heavy atom. The molecule has 1 aromatic carbocycles. The third-order valence-electron chi connectivity index (χ3n) is 1.87. The van der Waals surface area contributed by atoms with Crippen molar-refractivity contribution in [2.45, 2.75) is 0 Å². The average molecular weight is 242 g/mol. The quantitative estimate of drug-likeness (QED) is 0.870. The first-order valence-corrected chi connectivity index (χ1v) is 4.57. The largest absolute Gasteiger partial charge is 0.476 e. The molecule has 7 heteroatoms. The number of benzene rings is 1. The number of aromatic carboxylic acids is 1. The molecule has 0 aliphatic carbocycles. The van der Waals surface area contributed by atoms with Crippen LogP contribution in [0.5, 0.6) is 0 Å². The number of carbonyl (C=O) groups is 1. The fourth-order valence-electron chi connectivity index (χ4n) is 1.15. The van der Waals surface area contributed by atoms with E-state index in [0.29, 0.717) is 5.69 Å². The highest BCUT2D eigenvalue weighted by Gasteiger charge is 2.11. The lowest BCUT2D eigenvalue weighted by Gasteiger charge is -2.01. The second-order valence-corrected chi connectivity index (χ2v) is 3.36. The first-order chi connectivity index (χ1) is 7.58. The summed E-state index contributed by atoms with van der Waals surface area (Å²) in [6, 6.07) is 3.69. The van der Waals surface area contributed by atoms with Gasteiger partial charge >= 0.3 is 5.97 Å². The Bertz CT molecular complexity index is 555. The number of hydrogen-bond acceptors (Lipinski definition) is 3. The van der Waals surface area contributed by atoms with Crippen molar-refractivity contribution >= 4 is 17.6 Å². The minimum Gasteiger partial charge on any atom is -0.476 e. The molecule has 5 nitrogen and oxygen atoms in total. The molecule has 2 rings (SSSR count). The van der Waals surface area contributed by atoms with Gasteiger partial charge in [-0.15, -0.1) is 5.10 Å². The summed E-state index contributed by atoms with van der Waals surface area (Å²) in [6.45, 7) is 0. The lowest BCUT2D eigenvalue weighted by atomic mass is 10.3. The molecule has 82 valence electrons. The monoisotopic (exact) mass is 241 g/mol. The number of halogens is 2. The molecule has 0 bridgehead atoms. The van der Waals surface area contributed by atoms with Gasteiger partial charge in [0.25, 0.3) is 0 Å². The van der Waals surface area contributed by atoms with Crippen molar-refractivity contribution in [2.24, 2.45) is 0 Å². The summed E-state index contributed by atoms with van der Waals surface area (Å²) < 4.78 is 13.9. The third kappa shape index (κ3) is 1.87. The zero-order valence-corrected chi connectivity index (χ0v) is 8.52. The molecule has 0 saturated carbocycles. The second kappa shape index (κ2) is 3.90. The Morgan fingerprint density at radius 1 is 1.50 bits per heavy atom. The van der Waals surface area contributed by atoms with Crippen LogP contribution in [-0.4, -0.2) is 26.1 Å². The molecule has 0 unspecified atom stereocenters. The SMILES string of the molecule is O=C(O)c1cn(-c2ccc(F)cc2Cl)nn1. The minimum absolute atomic E-state index is 0.127. The molecular formula is C9H5ClFN3O2. The lowest BCUT2D eigenvalue weighted by Crippen LogP contribution is -1.97. The van der Waals surface area contributed by atoms with E-state index in [0.717, 1.165) is 6.07 Å². The summed E-state index contributed by atoms with van der Waals surface area (Å²) >= 11 is 5.78. The smallest absolute Gasteiger partial charge is 0.358 e. The van der Waals surface area contributed by atoms with E-state index in [1.807, 2.05) is 0 Å². The van der Waals surface area contributed by atoms with Crippen LogP contribution in [0.4, 0.5) is 4.39 Å². The summed E-state index contributed by atoms with van der Waals surface area (Å²) in [6.07, 6.45) is 1.20. The summed E-state index contributed by atoms with van der Waals surface area (Å²) in [7, 11) is 0. The van der Waals surface area contributed by atoms with Gasteiger partial charge in [-0.1, -0.05) is 16.8 Å². The molecule has 1 heterocycles. The molecule has 1 aromatic heterocycles. The third-order valence-corrected chi connectivity index (χ3v) is 2.17. The number of carboxylic acid groups (broad SMARTS) is 1. The highest BCUT2D eigenvalue weighted by Crippen LogP contribution is 2.20. The molecule has 0 fully saturated rings. The number of aromatic nitrogens is 3. The van der Waals surface area contributed by atoms with Crippen LogP contribution in [0, 0.1) is 5.82 Å². The number of nitrogens with zero attached hydrogens (tertiary/aromatic N) is 3. The first kappa shape index (κ1) is 10.6. The summed E-state index contributed by atoms with van der Waals surface area (Å²) in [5.41, 5.74) is 0.156. The second-order valence-electron chi connectivity index (χ2n) is 2.95. The zero-order valence-electron chi connectivity index (χ0n) is 7.76. The summed E-state index contributed by atoms with van der Waals surface area (Å²) in [5.74, 6) is -1.67. The van der Waals surface area contributed by atoms with Gasteiger partial charge in [-0.3, -0.25) is 0 Å². The van der Waals surface area contributed by atoms with Crippen LogP contribution in [0.25, 0.3) is 5.69 Å². The van der Waals surface area contributed by atoms with E-state index in [1.54, 1.807) is 0 Å². The van der Waals surface area contributed by atoms with E-state index < -0.39 is 11.8 Å². The number of carboxylic acids is 1. The van der Waals surface area contributed by atoms with Gasteiger partial charge in [-0.2, -0.15) is 0 Å². The number of hydrogen-bond donors (Lipinski definition) is 1. The molecule has 0 aliphatic heterocycles. The predicted molar refractivity (Wildman–Crippen MR) is 53.3 cm³/mol. The minimum atomic E-state index is -1.19. The zero-order chi connectivity index (χ0) is 11.7. The van der Waals surface area contributed by atoms with Crippen LogP contribution >= 0.6 is 11.6 Å². The van der Waals surface area contributed by atoms with Crippen molar-refractivity contribution in [2.75, 3.05) is 0 Å². The van der Waals surface area contributed by atoms with Crippen LogP contribution in [0.1, 0.15) is 10.5 Å². The van der Waals surface area contributed by atoms with Gasteiger partial charge in [0, 0.05) is 0 Å². The van der Waals surface area contributed by atoms with Crippen LogP contribution in [0.2, 0.25) is 5.02 Å². The van der Waals surface area contributed by atoms with Gasteiger partial charge in [0.1, 0.15) is 5.82 Å². The fraction of sp³-hybridized carbons (Fsp3) is 0. The summed E-state index contributed by atoms with van der Waals surface area (Å²) in [5, 5.41) is 15.8. The molecule has 0 radical (unpaired) electrons. The van der Waals surface area contributed by atoms with Crippen molar-refractivity contribution in [1.29, 1.82) is 0 Å². The molecule has 0 spiro atoms. The lowest BCUT2D eigenvalue weighted by molar-refractivity contribution is 0.0690. The van der Waals surface area contributed by atoms with Crippen LogP contribution in [0.3, 0.4) is 0 Å². The van der Waals surface area contributed by atoms with Crippen LogP contribution in [-0.2, 0) is 0 Å². The first-order valence-electron chi connectivity index (χ1n) is 4.19. The standard InChI is InChI=1S/C9H5ClFN3O2/c10-6-3-5(11)1-2-8(6)14-4-7(9(15)16)12-13-14/h1-4H,(H,15,16). The molecule has 2 aromatic rings. The van der Waals surface area contributed by atoms with E-state index in [-0.39, 0.29) is 10.7 Å². The van der Waals surface area contributed by atoms with Gasteiger partial charge in [-0.25, -0.2) is 13.9 Å². The van der Waals surface area contributed by atoms with E-state index in [1.165, 1.54) is 23.0 Å². The molecular weight excluding hydrogens is 237 g/mol. The molecule has 0 amide bonds. The van der Waals surface area contributed by atoms with E-state index in [9.17, 15) is 9.18 Å². The van der Waals surface area contributed by atoms with E-state index >= 15 is 0 Å². The van der Waals surface area contributed by atoms with Crippen LogP contribution in [0.15, 0.2) is 24.4 Å². The topological polar surface area (TPSA) is 68.0 Å². The van der Waals surface area contributed by atoms with Crippen molar-refractivity contribution in [1.82, 2.24) is 15.0 Å². The Balaban J connectivity index is 2.46.